The molecule has 0 saturated carbocycles. The lowest BCUT2D eigenvalue weighted by Gasteiger charge is -2.08. The minimum atomic E-state index is -2.53. The fourth-order valence-corrected chi connectivity index (χ4v) is 2.87. The van der Waals surface area contributed by atoms with Crippen LogP contribution in [-0.2, 0) is 7.05 Å². The first-order valence-electron chi connectivity index (χ1n) is 9.75. The van der Waals surface area contributed by atoms with Crippen molar-refractivity contribution in [3.63, 3.8) is 0 Å². The predicted octanol–water partition coefficient (Wildman–Crippen LogP) is 3.90. The van der Waals surface area contributed by atoms with Crippen molar-refractivity contribution < 1.29 is 13.6 Å². The minimum absolute atomic E-state index is 0.165. The van der Waals surface area contributed by atoms with Gasteiger partial charge in [0.25, 0.3) is 5.91 Å². The van der Waals surface area contributed by atoms with Gasteiger partial charge >= 0.3 is 0 Å². The van der Waals surface area contributed by atoms with E-state index in [9.17, 15) is 4.79 Å². The molecular formula is C21H18N4O2. The van der Waals surface area contributed by atoms with E-state index >= 15 is 0 Å². The summed E-state index contributed by atoms with van der Waals surface area (Å²) < 4.78 is 28.1. The van der Waals surface area contributed by atoms with E-state index in [1.807, 2.05) is 29.8 Å². The normalized spacial score (nSPS) is 12.9. The van der Waals surface area contributed by atoms with Crippen molar-refractivity contribution in [1.29, 1.82) is 0 Å². The summed E-state index contributed by atoms with van der Waals surface area (Å²) in [7, 11) is -0.605. The monoisotopic (exact) mass is 361 g/mol. The molecule has 27 heavy (non-hydrogen) atoms. The molecule has 0 aliphatic heterocycles. The van der Waals surface area contributed by atoms with Crippen LogP contribution in [0.2, 0.25) is 0 Å². The summed E-state index contributed by atoms with van der Waals surface area (Å²) in [4.78, 5) is 21.0. The topological polar surface area (TPSA) is 69.0 Å². The molecule has 1 N–H and O–H groups in total. The smallest absolute Gasteiger partial charge is 0.256 e. The van der Waals surface area contributed by atoms with E-state index in [1.54, 1.807) is 24.8 Å². The number of benzene rings is 2. The van der Waals surface area contributed by atoms with Crippen molar-refractivity contribution in [1.82, 2.24) is 14.5 Å². The van der Waals surface area contributed by atoms with Crippen molar-refractivity contribution in [3.8, 4) is 17.0 Å². The molecule has 0 fully saturated rings. The van der Waals surface area contributed by atoms with Crippen LogP contribution in [0.3, 0.4) is 0 Å². The van der Waals surface area contributed by atoms with Gasteiger partial charge in [0.2, 0.25) is 0 Å². The predicted molar refractivity (Wildman–Crippen MR) is 105 cm³/mol. The van der Waals surface area contributed by atoms with Crippen LogP contribution < -0.4 is 10.1 Å². The van der Waals surface area contributed by atoms with Crippen molar-refractivity contribution in [2.75, 3.05) is 12.4 Å². The third-order valence-corrected chi connectivity index (χ3v) is 4.31. The quantitative estimate of drug-likeness (QED) is 0.599. The number of carbonyl (C=O) groups is 1. The summed E-state index contributed by atoms with van der Waals surface area (Å²) in [6, 6.07) is 13.7. The minimum Gasteiger partial charge on any atom is -0.497 e. The molecule has 6 heteroatoms. The first-order valence-corrected chi connectivity index (χ1v) is 8.25. The Morgan fingerprint density at radius 3 is 2.70 bits per heavy atom. The van der Waals surface area contributed by atoms with Gasteiger partial charge in [-0.25, -0.2) is 9.97 Å². The first kappa shape index (κ1) is 13.5. The van der Waals surface area contributed by atoms with E-state index in [1.165, 1.54) is 24.3 Å². The lowest BCUT2D eigenvalue weighted by molar-refractivity contribution is 0.102. The summed E-state index contributed by atoms with van der Waals surface area (Å²) in [6.45, 7) is 0. The van der Waals surface area contributed by atoms with Crippen molar-refractivity contribution in [2.45, 2.75) is 0 Å². The van der Waals surface area contributed by atoms with Crippen LogP contribution >= 0.6 is 0 Å². The average Bonchev–Trinajstić information content (AvgIpc) is 3.12. The molecular weight excluding hydrogens is 340 g/mol. The Balaban J connectivity index is 1.54. The Bertz CT molecular complexity index is 1220. The Labute approximate surface area is 160 Å². The molecule has 0 saturated heterocycles. The van der Waals surface area contributed by atoms with E-state index in [-0.39, 0.29) is 11.7 Å². The summed E-state index contributed by atoms with van der Waals surface area (Å²) in [6.07, 6.45) is 5.24. The van der Waals surface area contributed by atoms with E-state index < -0.39 is 7.04 Å². The number of imidazole rings is 1. The second-order valence-corrected chi connectivity index (χ2v) is 6.10. The highest BCUT2D eigenvalue weighted by atomic mass is 16.5. The van der Waals surface area contributed by atoms with Crippen molar-refractivity contribution in [3.05, 3.63) is 72.8 Å². The zero-order valence-corrected chi connectivity index (χ0v) is 14.5. The fourth-order valence-electron chi connectivity index (χ4n) is 2.87. The zero-order chi connectivity index (χ0) is 21.3. The molecule has 0 aliphatic rings. The van der Waals surface area contributed by atoms with Gasteiger partial charge in [0.05, 0.1) is 29.4 Å². The van der Waals surface area contributed by atoms with Crippen LogP contribution in [0, 0.1) is 0 Å². The maximum Gasteiger partial charge on any atom is 0.256 e. The van der Waals surface area contributed by atoms with Crippen LogP contribution in [0.4, 0.5) is 5.82 Å². The van der Waals surface area contributed by atoms with Crippen molar-refractivity contribution in [2.24, 2.45) is 7.05 Å². The third kappa shape index (κ3) is 3.37. The molecule has 0 aliphatic carbocycles. The number of methoxy groups -OCH3 is 1. The molecule has 0 atom stereocenters. The van der Waals surface area contributed by atoms with Gasteiger partial charge < -0.3 is 14.6 Å². The SMILES string of the molecule is [2H]C([2H])([2H])Oc1ccc(C(=O)Nc2cc3cc(-c4cncn4C)ccc3cn2)cc1. The Hall–Kier alpha value is -3.67. The third-order valence-electron chi connectivity index (χ3n) is 4.31. The number of hydrogen-bond acceptors (Lipinski definition) is 4. The zero-order valence-electron chi connectivity index (χ0n) is 17.5. The van der Waals surface area contributed by atoms with Crippen LogP contribution in [0.25, 0.3) is 22.0 Å². The van der Waals surface area contributed by atoms with E-state index in [4.69, 9.17) is 8.85 Å². The van der Waals surface area contributed by atoms with Crippen LogP contribution in [0.15, 0.2) is 67.3 Å². The molecule has 0 radical (unpaired) electrons. The summed E-state index contributed by atoms with van der Waals surface area (Å²) in [5.41, 5.74) is 2.35. The number of rotatable bonds is 4. The second kappa shape index (κ2) is 6.92. The fraction of sp³-hybridized carbons (Fsp3) is 0.0952. The number of nitrogens with zero attached hydrogens (tertiary/aromatic N) is 3. The molecule has 2 aromatic heterocycles. The van der Waals surface area contributed by atoms with Gasteiger partial charge in [-0.15, -0.1) is 0 Å². The molecule has 134 valence electrons. The molecule has 0 bridgehead atoms. The number of aromatic nitrogens is 3. The molecule has 4 aromatic rings. The molecule has 0 unspecified atom stereocenters. The van der Waals surface area contributed by atoms with Gasteiger partial charge in [0, 0.05) is 29.8 Å². The summed E-state index contributed by atoms with van der Waals surface area (Å²) >= 11 is 0. The maximum absolute atomic E-state index is 12.5. The number of aryl methyl sites for hydroxylation is 1. The molecule has 1 amide bonds. The Kier molecular flexibility index (Phi) is 3.46. The first-order chi connectivity index (χ1) is 14.3. The Morgan fingerprint density at radius 1 is 1.11 bits per heavy atom. The number of amides is 1. The highest BCUT2D eigenvalue weighted by molar-refractivity contribution is 6.04. The van der Waals surface area contributed by atoms with Gasteiger partial charge in [-0.3, -0.25) is 4.79 Å². The number of anilines is 1. The number of fused-ring (bicyclic) bond motifs is 1. The summed E-state index contributed by atoms with van der Waals surface area (Å²) in [5, 5.41) is 4.64. The van der Waals surface area contributed by atoms with E-state index in [2.05, 4.69) is 15.3 Å². The van der Waals surface area contributed by atoms with Gasteiger partial charge in [-0.1, -0.05) is 12.1 Å². The molecule has 0 spiro atoms. The lowest BCUT2D eigenvalue weighted by Crippen LogP contribution is -2.12. The number of hydrogen-bond donors (Lipinski definition) is 1. The van der Waals surface area contributed by atoms with Crippen LogP contribution in [0.1, 0.15) is 14.5 Å². The van der Waals surface area contributed by atoms with E-state index in [0.29, 0.717) is 11.4 Å². The highest BCUT2D eigenvalue weighted by Crippen LogP contribution is 2.25. The van der Waals surface area contributed by atoms with Gasteiger partial charge in [-0.05, 0) is 41.8 Å². The summed E-state index contributed by atoms with van der Waals surface area (Å²) in [5.74, 6) is 0.223. The van der Waals surface area contributed by atoms with Gasteiger partial charge in [0.15, 0.2) is 0 Å². The standard InChI is InChI=1S/C21H18N4O2/c1-25-13-22-12-19(25)15-3-4-16-11-23-20(10-17(16)9-15)24-21(26)14-5-7-18(27-2)8-6-14/h3-13H,1-2H3,(H,23,24,26)/i2D3. The van der Waals surface area contributed by atoms with Crippen molar-refractivity contribution >= 4 is 22.5 Å². The Morgan fingerprint density at radius 2 is 1.96 bits per heavy atom. The second-order valence-electron chi connectivity index (χ2n) is 6.10. The average molecular weight is 361 g/mol. The maximum atomic E-state index is 12.5. The highest BCUT2D eigenvalue weighted by Gasteiger charge is 2.09. The number of carbonyl (C=O) groups excluding carboxylic acids is 1. The molecule has 2 heterocycles. The van der Waals surface area contributed by atoms with Crippen LogP contribution in [-0.4, -0.2) is 27.5 Å². The number of ether oxygens (including phenoxy) is 1. The largest absolute Gasteiger partial charge is 0.497 e. The number of nitrogens with one attached hydrogen (secondary N) is 1. The molecule has 4 rings (SSSR count). The van der Waals surface area contributed by atoms with Gasteiger partial charge in [-0.2, -0.15) is 0 Å². The van der Waals surface area contributed by atoms with Gasteiger partial charge in [0.1, 0.15) is 11.6 Å². The lowest BCUT2D eigenvalue weighted by atomic mass is 10.1. The molecule has 2 aromatic carbocycles. The van der Waals surface area contributed by atoms with Crippen LogP contribution in [0.5, 0.6) is 5.75 Å². The number of pyridine rings is 1. The molecule has 6 nitrogen and oxygen atoms in total. The van der Waals surface area contributed by atoms with E-state index in [0.717, 1.165) is 22.0 Å².